The SMILES string of the molecule is CNCc1cccc(F)c1OCC1(O)CCCCC1. The summed E-state index contributed by atoms with van der Waals surface area (Å²) in [6, 6.07) is 4.89. The van der Waals surface area contributed by atoms with Gasteiger partial charge in [0.2, 0.25) is 0 Å². The molecule has 1 aliphatic carbocycles. The van der Waals surface area contributed by atoms with Gasteiger partial charge in [0.25, 0.3) is 0 Å². The van der Waals surface area contributed by atoms with Crippen LogP contribution in [0.15, 0.2) is 18.2 Å². The van der Waals surface area contributed by atoms with Gasteiger partial charge in [-0.05, 0) is 26.0 Å². The Bertz CT molecular complexity index is 417. The molecule has 0 aliphatic heterocycles. The van der Waals surface area contributed by atoms with Crippen LogP contribution in [0.3, 0.4) is 0 Å². The number of hydrogen-bond donors (Lipinski definition) is 2. The summed E-state index contributed by atoms with van der Waals surface area (Å²) in [5.41, 5.74) is -0.0147. The molecule has 0 heterocycles. The number of hydrogen-bond acceptors (Lipinski definition) is 3. The van der Waals surface area contributed by atoms with Crippen LogP contribution in [0.25, 0.3) is 0 Å². The molecule has 4 heteroatoms. The van der Waals surface area contributed by atoms with Crippen LogP contribution < -0.4 is 10.1 Å². The predicted molar refractivity (Wildman–Crippen MR) is 72.7 cm³/mol. The quantitative estimate of drug-likeness (QED) is 0.861. The van der Waals surface area contributed by atoms with Gasteiger partial charge in [-0.15, -0.1) is 0 Å². The maximum absolute atomic E-state index is 13.8. The van der Waals surface area contributed by atoms with Crippen molar-refractivity contribution in [1.29, 1.82) is 0 Å². The Hall–Kier alpha value is -1.13. The summed E-state index contributed by atoms with van der Waals surface area (Å²) >= 11 is 0. The van der Waals surface area contributed by atoms with Crippen LogP contribution in [0, 0.1) is 5.82 Å². The molecule has 1 fully saturated rings. The van der Waals surface area contributed by atoms with Crippen LogP contribution in [-0.4, -0.2) is 24.4 Å². The molecule has 2 rings (SSSR count). The van der Waals surface area contributed by atoms with Crippen LogP contribution >= 0.6 is 0 Å². The molecule has 0 radical (unpaired) electrons. The van der Waals surface area contributed by atoms with Gasteiger partial charge in [0.05, 0.1) is 5.60 Å². The predicted octanol–water partition coefficient (Wildman–Crippen LogP) is 2.62. The van der Waals surface area contributed by atoms with E-state index in [0.29, 0.717) is 6.54 Å². The lowest BCUT2D eigenvalue weighted by molar-refractivity contribution is -0.0349. The Balaban J connectivity index is 2.05. The Labute approximate surface area is 113 Å². The first-order chi connectivity index (χ1) is 9.14. The summed E-state index contributed by atoms with van der Waals surface area (Å²) < 4.78 is 19.4. The van der Waals surface area contributed by atoms with Gasteiger partial charge in [-0.1, -0.05) is 31.4 Å². The standard InChI is InChI=1S/C15H22FNO2/c1-17-10-12-6-5-7-13(16)14(12)19-11-15(18)8-3-2-4-9-15/h5-7,17-18H,2-4,8-11H2,1H3. The molecule has 1 aliphatic rings. The van der Waals surface area contributed by atoms with Crippen molar-refractivity contribution in [3.05, 3.63) is 29.6 Å². The zero-order valence-corrected chi connectivity index (χ0v) is 11.4. The third kappa shape index (κ3) is 3.67. The fraction of sp³-hybridized carbons (Fsp3) is 0.600. The van der Waals surface area contributed by atoms with Crippen molar-refractivity contribution in [3.63, 3.8) is 0 Å². The summed E-state index contributed by atoms with van der Waals surface area (Å²) in [4.78, 5) is 0. The van der Waals surface area contributed by atoms with E-state index in [9.17, 15) is 9.50 Å². The minimum Gasteiger partial charge on any atom is -0.487 e. The van der Waals surface area contributed by atoms with E-state index in [1.54, 1.807) is 6.07 Å². The van der Waals surface area contributed by atoms with E-state index in [4.69, 9.17) is 4.74 Å². The van der Waals surface area contributed by atoms with Gasteiger partial charge in [0, 0.05) is 12.1 Å². The van der Waals surface area contributed by atoms with Gasteiger partial charge in [0.15, 0.2) is 11.6 Å². The highest BCUT2D eigenvalue weighted by atomic mass is 19.1. The second-order valence-electron chi connectivity index (χ2n) is 5.33. The maximum Gasteiger partial charge on any atom is 0.165 e. The summed E-state index contributed by atoms with van der Waals surface area (Å²) in [5, 5.41) is 13.4. The van der Waals surface area contributed by atoms with E-state index >= 15 is 0 Å². The van der Waals surface area contributed by atoms with Crippen molar-refractivity contribution in [2.45, 2.75) is 44.2 Å². The van der Waals surface area contributed by atoms with Gasteiger partial charge < -0.3 is 15.2 Å². The molecular weight excluding hydrogens is 245 g/mol. The smallest absolute Gasteiger partial charge is 0.165 e. The van der Waals surface area contributed by atoms with Crippen LogP contribution in [0.1, 0.15) is 37.7 Å². The second kappa shape index (κ2) is 6.35. The number of rotatable bonds is 5. The van der Waals surface area contributed by atoms with Crippen LogP contribution in [0.5, 0.6) is 5.75 Å². The zero-order chi connectivity index (χ0) is 13.7. The molecule has 2 N–H and O–H groups in total. The van der Waals surface area contributed by atoms with Gasteiger partial charge >= 0.3 is 0 Å². The molecule has 0 aromatic heterocycles. The highest BCUT2D eigenvalue weighted by Crippen LogP contribution is 2.30. The van der Waals surface area contributed by atoms with Crippen molar-refractivity contribution >= 4 is 0 Å². The maximum atomic E-state index is 13.8. The van der Waals surface area contributed by atoms with Gasteiger partial charge in [0.1, 0.15) is 6.61 Å². The average molecular weight is 267 g/mol. The molecule has 19 heavy (non-hydrogen) atoms. The summed E-state index contributed by atoms with van der Waals surface area (Å²) in [6.07, 6.45) is 4.67. The van der Waals surface area contributed by atoms with Gasteiger partial charge in [-0.2, -0.15) is 0 Å². The number of aliphatic hydroxyl groups is 1. The van der Waals surface area contributed by atoms with Crippen LogP contribution in [0.4, 0.5) is 4.39 Å². The summed E-state index contributed by atoms with van der Waals surface area (Å²) in [6.45, 7) is 0.718. The largest absolute Gasteiger partial charge is 0.487 e. The Morgan fingerprint density at radius 1 is 1.32 bits per heavy atom. The lowest BCUT2D eigenvalue weighted by Crippen LogP contribution is -2.38. The summed E-state index contributed by atoms with van der Waals surface area (Å²) in [5.74, 6) is -0.108. The molecule has 0 unspecified atom stereocenters. The van der Waals surface area contributed by atoms with E-state index in [1.807, 2.05) is 13.1 Å². The number of para-hydroxylation sites is 1. The molecule has 0 saturated heterocycles. The fourth-order valence-corrected chi connectivity index (χ4v) is 2.61. The number of nitrogens with one attached hydrogen (secondary N) is 1. The van der Waals surface area contributed by atoms with Crippen LogP contribution in [0.2, 0.25) is 0 Å². The minimum atomic E-state index is -0.794. The van der Waals surface area contributed by atoms with Crippen LogP contribution in [-0.2, 0) is 6.54 Å². The normalized spacial score (nSPS) is 18.3. The molecule has 0 amide bonds. The van der Waals surface area contributed by atoms with Crippen molar-refractivity contribution in [2.75, 3.05) is 13.7 Å². The highest BCUT2D eigenvalue weighted by molar-refractivity contribution is 5.35. The molecule has 1 aromatic rings. The Kier molecular flexibility index (Phi) is 4.77. The first kappa shape index (κ1) is 14.3. The molecule has 1 aromatic carbocycles. The molecule has 0 bridgehead atoms. The molecule has 0 spiro atoms. The second-order valence-corrected chi connectivity index (χ2v) is 5.33. The fourth-order valence-electron chi connectivity index (χ4n) is 2.61. The number of ether oxygens (including phenoxy) is 1. The minimum absolute atomic E-state index is 0.171. The highest BCUT2D eigenvalue weighted by Gasteiger charge is 2.30. The van der Waals surface area contributed by atoms with Crippen molar-refractivity contribution < 1.29 is 14.2 Å². The van der Waals surface area contributed by atoms with Crippen molar-refractivity contribution in [2.24, 2.45) is 0 Å². The molecule has 106 valence electrons. The molecular formula is C15H22FNO2. The van der Waals surface area contributed by atoms with E-state index in [1.165, 1.54) is 6.07 Å². The van der Waals surface area contributed by atoms with Gasteiger partial charge in [-0.3, -0.25) is 0 Å². The monoisotopic (exact) mass is 267 g/mol. The Morgan fingerprint density at radius 2 is 2.05 bits per heavy atom. The van der Waals surface area contributed by atoms with E-state index < -0.39 is 5.60 Å². The third-order valence-electron chi connectivity index (χ3n) is 3.69. The van der Waals surface area contributed by atoms with E-state index in [0.717, 1.165) is 37.7 Å². The van der Waals surface area contributed by atoms with Crippen molar-refractivity contribution in [1.82, 2.24) is 5.32 Å². The first-order valence-corrected chi connectivity index (χ1v) is 6.92. The lowest BCUT2D eigenvalue weighted by atomic mass is 9.85. The topological polar surface area (TPSA) is 41.5 Å². The van der Waals surface area contributed by atoms with E-state index in [-0.39, 0.29) is 18.2 Å². The zero-order valence-electron chi connectivity index (χ0n) is 11.4. The molecule has 0 atom stereocenters. The number of benzene rings is 1. The average Bonchev–Trinajstić information content (AvgIpc) is 2.39. The molecule has 3 nitrogen and oxygen atoms in total. The Morgan fingerprint density at radius 3 is 2.74 bits per heavy atom. The van der Waals surface area contributed by atoms with Crippen molar-refractivity contribution in [3.8, 4) is 5.75 Å². The summed E-state index contributed by atoms with van der Waals surface area (Å²) in [7, 11) is 1.81. The molecule has 1 saturated carbocycles. The van der Waals surface area contributed by atoms with E-state index in [2.05, 4.69) is 5.32 Å². The van der Waals surface area contributed by atoms with Gasteiger partial charge in [-0.25, -0.2) is 4.39 Å². The lowest BCUT2D eigenvalue weighted by Gasteiger charge is -2.32. The third-order valence-corrected chi connectivity index (χ3v) is 3.69. The number of halogens is 1. The first-order valence-electron chi connectivity index (χ1n) is 6.92.